The van der Waals surface area contributed by atoms with E-state index < -0.39 is 30.0 Å². The number of hydrogen-bond donors (Lipinski definition) is 2. The Bertz CT molecular complexity index is 1050. The van der Waals surface area contributed by atoms with Crippen molar-refractivity contribution in [2.75, 3.05) is 26.8 Å². The van der Waals surface area contributed by atoms with E-state index in [2.05, 4.69) is 10.6 Å². The van der Waals surface area contributed by atoms with Crippen molar-refractivity contribution in [3.63, 3.8) is 0 Å². The number of carbonyl (C=O) groups excluding carboxylic acids is 4. The molecule has 34 heavy (non-hydrogen) atoms. The van der Waals surface area contributed by atoms with E-state index >= 15 is 0 Å². The molecule has 0 radical (unpaired) electrons. The number of imide groups is 1. The molecule has 2 N–H and O–H groups in total. The van der Waals surface area contributed by atoms with Crippen LogP contribution in [0, 0.1) is 6.92 Å². The van der Waals surface area contributed by atoms with Gasteiger partial charge in [0.15, 0.2) is 0 Å². The van der Waals surface area contributed by atoms with E-state index in [9.17, 15) is 19.2 Å². The molecular formula is C25H29N3O6. The van der Waals surface area contributed by atoms with Gasteiger partial charge in [-0.1, -0.05) is 42.0 Å². The van der Waals surface area contributed by atoms with Gasteiger partial charge >= 0.3 is 12.0 Å². The summed E-state index contributed by atoms with van der Waals surface area (Å²) in [7, 11) is 1.53. The van der Waals surface area contributed by atoms with Crippen LogP contribution >= 0.6 is 0 Å². The Balaban J connectivity index is 1.41. The van der Waals surface area contributed by atoms with E-state index in [-0.39, 0.29) is 19.1 Å². The number of benzene rings is 2. The third kappa shape index (κ3) is 5.92. The van der Waals surface area contributed by atoms with Gasteiger partial charge in [0.05, 0.1) is 13.7 Å². The number of esters is 1. The summed E-state index contributed by atoms with van der Waals surface area (Å²) in [6.07, 6.45) is 0.939. The van der Waals surface area contributed by atoms with Crippen molar-refractivity contribution in [2.24, 2.45) is 0 Å². The Morgan fingerprint density at radius 3 is 2.38 bits per heavy atom. The number of methoxy groups -OCH3 is 1. The number of nitrogens with zero attached hydrogens (tertiary/aromatic N) is 1. The van der Waals surface area contributed by atoms with Crippen LogP contribution in [0.25, 0.3) is 0 Å². The zero-order valence-corrected chi connectivity index (χ0v) is 19.6. The van der Waals surface area contributed by atoms with Gasteiger partial charge < -0.3 is 20.1 Å². The SMILES string of the molecule is COc1ccc(C2(C)NC(=O)N(CC(=O)OCCNC(=O)CCc3ccc(C)cc3)C2=O)cc1. The Labute approximate surface area is 198 Å². The lowest BCUT2D eigenvalue weighted by molar-refractivity contribution is -0.147. The second-order valence-corrected chi connectivity index (χ2v) is 8.23. The van der Waals surface area contributed by atoms with Crippen LogP contribution in [0.1, 0.15) is 30.0 Å². The van der Waals surface area contributed by atoms with Crippen molar-refractivity contribution < 1.29 is 28.7 Å². The van der Waals surface area contributed by atoms with Crippen LogP contribution in [-0.2, 0) is 31.1 Å². The van der Waals surface area contributed by atoms with Gasteiger partial charge in [-0.3, -0.25) is 19.3 Å². The standard InChI is InChI=1S/C25H29N3O6/c1-17-4-6-18(7-5-17)8-13-21(29)26-14-15-34-22(30)16-28-23(31)25(2,27-24(28)32)19-9-11-20(33-3)12-10-19/h4-7,9-12H,8,13-16H2,1-3H3,(H,26,29)(H,27,32). The summed E-state index contributed by atoms with van der Waals surface area (Å²) < 4.78 is 10.2. The fraction of sp³-hybridized carbons (Fsp3) is 0.360. The summed E-state index contributed by atoms with van der Waals surface area (Å²) in [5.74, 6) is -0.826. The molecule has 9 nitrogen and oxygen atoms in total. The molecule has 0 spiro atoms. The lowest BCUT2D eigenvalue weighted by atomic mass is 9.92. The van der Waals surface area contributed by atoms with Gasteiger partial charge in [-0.25, -0.2) is 4.79 Å². The first-order chi connectivity index (χ1) is 16.2. The average Bonchev–Trinajstić information content (AvgIpc) is 3.05. The Kier molecular flexibility index (Phi) is 7.88. The van der Waals surface area contributed by atoms with Gasteiger partial charge in [-0.15, -0.1) is 0 Å². The van der Waals surface area contributed by atoms with Gasteiger partial charge in [0.25, 0.3) is 5.91 Å². The maximum absolute atomic E-state index is 12.9. The summed E-state index contributed by atoms with van der Waals surface area (Å²) in [5, 5.41) is 5.32. The number of carbonyl (C=O) groups is 4. The molecule has 1 saturated heterocycles. The molecule has 1 unspecified atom stereocenters. The molecule has 0 saturated carbocycles. The maximum Gasteiger partial charge on any atom is 0.326 e. The summed E-state index contributed by atoms with van der Waals surface area (Å²) in [6, 6.07) is 14.0. The first-order valence-electron chi connectivity index (χ1n) is 11.0. The molecule has 0 bridgehead atoms. The molecule has 3 rings (SSSR count). The van der Waals surface area contributed by atoms with Gasteiger partial charge in [0.1, 0.15) is 24.4 Å². The van der Waals surface area contributed by atoms with Crippen molar-refractivity contribution in [2.45, 2.75) is 32.2 Å². The largest absolute Gasteiger partial charge is 0.497 e. The van der Waals surface area contributed by atoms with Gasteiger partial charge in [-0.05, 0) is 43.5 Å². The van der Waals surface area contributed by atoms with Gasteiger partial charge in [-0.2, -0.15) is 0 Å². The molecule has 180 valence electrons. The molecule has 2 aromatic rings. The van der Waals surface area contributed by atoms with Gasteiger partial charge in [0.2, 0.25) is 5.91 Å². The van der Waals surface area contributed by atoms with Crippen molar-refractivity contribution >= 4 is 23.8 Å². The second kappa shape index (κ2) is 10.8. The fourth-order valence-electron chi connectivity index (χ4n) is 3.59. The van der Waals surface area contributed by atoms with Crippen LogP contribution in [-0.4, -0.2) is 55.5 Å². The lowest BCUT2D eigenvalue weighted by Crippen LogP contribution is -2.41. The van der Waals surface area contributed by atoms with Crippen LogP contribution < -0.4 is 15.4 Å². The number of hydrogen-bond acceptors (Lipinski definition) is 6. The molecule has 1 aliphatic rings. The highest BCUT2D eigenvalue weighted by atomic mass is 16.5. The molecule has 9 heteroatoms. The van der Waals surface area contributed by atoms with Crippen LogP contribution in [0.2, 0.25) is 0 Å². The normalized spacial score (nSPS) is 17.3. The van der Waals surface area contributed by atoms with Crippen LogP contribution in [0.15, 0.2) is 48.5 Å². The first kappa shape index (κ1) is 24.8. The summed E-state index contributed by atoms with van der Waals surface area (Å²) in [5.41, 5.74) is 1.50. The third-order valence-corrected chi connectivity index (χ3v) is 5.68. The Morgan fingerprint density at radius 1 is 1.06 bits per heavy atom. The first-order valence-corrected chi connectivity index (χ1v) is 11.0. The van der Waals surface area contributed by atoms with Crippen molar-refractivity contribution in [3.05, 3.63) is 65.2 Å². The van der Waals surface area contributed by atoms with Crippen molar-refractivity contribution in [1.82, 2.24) is 15.5 Å². The monoisotopic (exact) mass is 467 g/mol. The quantitative estimate of drug-likeness (QED) is 0.314. The van der Waals surface area contributed by atoms with Crippen LogP contribution in [0.5, 0.6) is 5.75 Å². The van der Waals surface area contributed by atoms with E-state index in [4.69, 9.17) is 9.47 Å². The van der Waals surface area contributed by atoms with E-state index in [1.807, 2.05) is 31.2 Å². The molecule has 0 aromatic heterocycles. The Morgan fingerprint density at radius 2 is 1.74 bits per heavy atom. The highest BCUT2D eigenvalue weighted by Crippen LogP contribution is 2.29. The van der Waals surface area contributed by atoms with Crippen molar-refractivity contribution in [1.29, 1.82) is 0 Å². The van der Waals surface area contributed by atoms with E-state index in [1.54, 1.807) is 31.2 Å². The molecule has 4 amide bonds. The minimum Gasteiger partial charge on any atom is -0.497 e. The predicted octanol–water partition coefficient (Wildman–Crippen LogP) is 2.06. The zero-order valence-electron chi connectivity index (χ0n) is 19.6. The topological polar surface area (TPSA) is 114 Å². The average molecular weight is 468 g/mol. The van der Waals surface area contributed by atoms with Crippen LogP contribution in [0.4, 0.5) is 4.79 Å². The smallest absolute Gasteiger partial charge is 0.326 e. The highest BCUT2D eigenvalue weighted by Gasteiger charge is 2.49. The van der Waals surface area contributed by atoms with E-state index in [1.165, 1.54) is 7.11 Å². The maximum atomic E-state index is 12.9. The number of nitrogens with one attached hydrogen (secondary N) is 2. The summed E-state index contributed by atoms with van der Waals surface area (Å²) in [4.78, 5) is 50.2. The summed E-state index contributed by atoms with van der Waals surface area (Å²) >= 11 is 0. The van der Waals surface area contributed by atoms with Crippen molar-refractivity contribution in [3.8, 4) is 5.75 Å². The predicted molar refractivity (Wildman–Crippen MR) is 124 cm³/mol. The third-order valence-electron chi connectivity index (χ3n) is 5.68. The molecule has 0 aliphatic carbocycles. The fourth-order valence-corrected chi connectivity index (χ4v) is 3.59. The van der Waals surface area contributed by atoms with E-state index in [0.717, 1.165) is 16.0 Å². The number of urea groups is 1. The lowest BCUT2D eigenvalue weighted by Gasteiger charge is -2.22. The minimum atomic E-state index is -1.30. The zero-order chi connectivity index (χ0) is 24.7. The van der Waals surface area contributed by atoms with Crippen LogP contribution in [0.3, 0.4) is 0 Å². The Hall–Kier alpha value is -3.88. The molecule has 1 atom stereocenters. The molecule has 1 heterocycles. The van der Waals surface area contributed by atoms with Gasteiger partial charge in [0, 0.05) is 6.42 Å². The number of amides is 4. The molecule has 1 fully saturated rings. The summed E-state index contributed by atoms with van der Waals surface area (Å²) in [6.45, 7) is 3.14. The molecule has 2 aromatic carbocycles. The molecule has 1 aliphatic heterocycles. The highest BCUT2D eigenvalue weighted by molar-refractivity contribution is 6.08. The minimum absolute atomic E-state index is 0.0610. The number of rotatable bonds is 10. The number of ether oxygens (including phenoxy) is 2. The second-order valence-electron chi connectivity index (χ2n) is 8.23. The number of aryl methyl sites for hydroxylation is 2. The molecular weight excluding hydrogens is 438 g/mol. The van der Waals surface area contributed by atoms with E-state index in [0.29, 0.717) is 24.2 Å².